The molecule has 0 bridgehead atoms. The van der Waals surface area contributed by atoms with Gasteiger partial charge >= 0.3 is 0 Å². The molecule has 23 heavy (non-hydrogen) atoms. The molecule has 1 aliphatic rings. The van der Waals surface area contributed by atoms with Crippen LogP contribution in [0, 0.1) is 3.57 Å². The smallest absolute Gasteiger partial charge is 0.268 e. The SMILES string of the molecule is O=C1/C(=C\c2ccccc2)SC(=S)N1C(=O)c1ccc(I)cc1. The molecule has 114 valence electrons. The van der Waals surface area contributed by atoms with Crippen LogP contribution >= 0.6 is 46.6 Å². The lowest BCUT2D eigenvalue weighted by Gasteiger charge is -2.12. The number of rotatable bonds is 2. The Balaban J connectivity index is 1.88. The third kappa shape index (κ3) is 3.54. The zero-order chi connectivity index (χ0) is 16.4. The lowest BCUT2D eigenvalue weighted by molar-refractivity contribution is -0.120. The third-order valence-corrected chi connectivity index (χ3v) is 5.21. The summed E-state index contributed by atoms with van der Waals surface area (Å²) in [6.45, 7) is 0. The first kappa shape index (κ1) is 16.4. The van der Waals surface area contributed by atoms with Crippen LogP contribution in [-0.2, 0) is 4.79 Å². The first-order chi connectivity index (χ1) is 11.1. The van der Waals surface area contributed by atoms with Crippen LogP contribution < -0.4 is 0 Å². The molecule has 1 aliphatic heterocycles. The molecule has 0 saturated carbocycles. The van der Waals surface area contributed by atoms with E-state index in [0.29, 0.717) is 10.5 Å². The van der Waals surface area contributed by atoms with Crippen molar-refractivity contribution in [2.24, 2.45) is 0 Å². The Morgan fingerprint density at radius 3 is 2.39 bits per heavy atom. The van der Waals surface area contributed by atoms with E-state index < -0.39 is 0 Å². The second kappa shape index (κ2) is 6.94. The van der Waals surface area contributed by atoms with Gasteiger partial charge in [0.25, 0.3) is 11.8 Å². The van der Waals surface area contributed by atoms with Crippen molar-refractivity contribution in [2.45, 2.75) is 0 Å². The lowest BCUT2D eigenvalue weighted by atomic mass is 10.2. The minimum Gasteiger partial charge on any atom is -0.268 e. The van der Waals surface area contributed by atoms with Gasteiger partial charge in [0.05, 0.1) is 4.91 Å². The van der Waals surface area contributed by atoms with Gasteiger partial charge in [-0.2, -0.15) is 0 Å². The van der Waals surface area contributed by atoms with Crippen LogP contribution in [0.15, 0.2) is 59.5 Å². The Bertz CT molecular complexity index is 816. The fourth-order valence-corrected chi connectivity index (χ4v) is 3.68. The summed E-state index contributed by atoms with van der Waals surface area (Å²) >= 11 is 8.53. The Hall–Kier alpha value is -1.51. The Labute approximate surface area is 156 Å². The highest BCUT2D eigenvalue weighted by atomic mass is 127. The lowest BCUT2D eigenvalue weighted by Crippen LogP contribution is -2.34. The molecule has 0 aromatic heterocycles. The van der Waals surface area contributed by atoms with Crippen molar-refractivity contribution in [1.29, 1.82) is 0 Å². The summed E-state index contributed by atoms with van der Waals surface area (Å²) in [5.74, 6) is -0.757. The summed E-state index contributed by atoms with van der Waals surface area (Å²) < 4.78 is 1.29. The van der Waals surface area contributed by atoms with Crippen molar-refractivity contribution in [2.75, 3.05) is 0 Å². The topological polar surface area (TPSA) is 37.4 Å². The molecule has 0 spiro atoms. The molecule has 3 rings (SSSR count). The number of amides is 2. The van der Waals surface area contributed by atoms with Gasteiger partial charge in [-0.25, -0.2) is 4.90 Å². The number of thioether (sulfide) groups is 1. The number of thiocarbonyl (C=S) groups is 1. The molecule has 2 aromatic rings. The molecule has 0 atom stereocenters. The highest BCUT2D eigenvalue weighted by molar-refractivity contribution is 14.1. The fourth-order valence-electron chi connectivity index (χ4n) is 2.07. The van der Waals surface area contributed by atoms with Crippen molar-refractivity contribution in [3.05, 3.63) is 74.2 Å². The highest BCUT2D eigenvalue weighted by Crippen LogP contribution is 2.33. The molecule has 1 heterocycles. The maximum atomic E-state index is 12.6. The number of carbonyl (C=O) groups is 2. The van der Waals surface area contributed by atoms with Crippen molar-refractivity contribution in [3.8, 4) is 0 Å². The molecule has 0 aliphatic carbocycles. The van der Waals surface area contributed by atoms with E-state index in [-0.39, 0.29) is 16.1 Å². The van der Waals surface area contributed by atoms with Gasteiger partial charge in [0, 0.05) is 9.13 Å². The summed E-state index contributed by atoms with van der Waals surface area (Å²) in [5, 5.41) is 0. The number of benzene rings is 2. The second-order valence-electron chi connectivity index (χ2n) is 4.74. The van der Waals surface area contributed by atoms with Crippen LogP contribution in [0.25, 0.3) is 6.08 Å². The molecular weight excluding hydrogens is 441 g/mol. The van der Waals surface area contributed by atoms with Crippen LogP contribution in [0.5, 0.6) is 0 Å². The van der Waals surface area contributed by atoms with Gasteiger partial charge in [-0.15, -0.1) is 0 Å². The molecular formula is C17H10INO2S2. The zero-order valence-corrected chi connectivity index (χ0v) is 15.5. The molecule has 0 N–H and O–H groups in total. The molecule has 6 heteroatoms. The van der Waals surface area contributed by atoms with Gasteiger partial charge < -0.3 is 0 Å². The first-order valence-electron chi connectivity index (χ1n) is 6.69. The van der Waals surface area contributed by atoms with Crippen LogP contribution in [-0.4, -0.2) is 21.0 Å². The van der Waals surface area contributed by atoms with Crippen molar-refractivity contribution >= 4 is 68.8 Å². The summed E-state index contributed by atoms with van der Waals surface area (Å²) in [7, 11) is 0. The Morgan fingerprint density at radius 1 is 1.09 bits per heavy atom. The second-order valence-corrected chi connectivity index (χ2v) is 7.66. The normalized spacial score (nSPS) is 16.2. The predicted molar refractivity (Wildman–Crippen MR) is 105 cm³/mol. The molecule has 1 saturated heterocycles. The van der Waals surface area contributed by atoms with E-state index in [4.69, 9.17) is 12.2 Å². The van der Waals surface area contributed by atoms with Crippen molar-refractivity contribution < 1.29 is 9.59 Å². The minimum absolute atomic E-state index is 0.265. The Kier molecular flexibility index (Phi) is 4.93. The van der Waals surface area contributed by atoms with Gasteiger partial charge in [-0.05, 0) is 58.5 Å². The van der Waals surface area contributed by atoms with Gasteiger partial charge in [0.15, 0.2) is 4.32 Å². The van der Waals surface area contributed by atoms with E-state index in [0.717, 1.165) is 25.8 Å². The average Bonchev–Trinajstić information content (AvgIpc) is 2.82. The summed E-state index contributed by atoms with van der Waals surface area (Å²) in [6, 6.07) is 16.5. The highest BCUT2D eigenvalue weighted by Gasteiger charge is 2.37. The number of nitrogens with zero attached hydrogens (tertiary/aromatic N) is 1. The maximum Gasteiger partial charge on any atom is 0.273 e. The average molecular weight is 451 g/mol. The van der Waals surface area contributed by atoms with E-state index in [9.17, 15) is 9.59 Å². The third-order valence-electron chi connectivity index (χ3n) is 3.19. The van der Waals surface area contributed by atoms with Gasteiger partial charge in [-0.1, -0.05) is 54.3 Å². The number of hydrogen-bond donors (Lipinski definition) is 0. The number of carbonyl (C=O) groups excluding carboxylic acids is 2. The fraction of sp³-hybridized carbons (Fsp3) is 0. The number of hydrogen-bond acceptors (Lipinski definition) is 4. The largest absolute Gasteiger partial charge is 0.273 e. The minimum atomic E-state index is -0.389. The first-order valence-corrected chi connectivity index (χ1v) is 8.99. The van der Waals surface area contributed by atoms with Gasteiger partial charge in [0.2, 0.25) is 0 Å². The van der Waals surface area contributed by atoms with Crippen LogP contribution in [0.3, 0.4) is 0 Å². The summed E-state index contributed by atoms with van der Waals surface area (Å²) in [6.07, 6.45) is 1.75. The van der Waals surface area contributed by atoms with Crippen LogP contribution in [0.4, 0.5) is 0 Å². The van der Waals surface area contributed by atoms with Gasteiger partial charge in [0.1, 0.15) is 0 Å². The Morgan fingerprint density at radius 2 is 1.74 bits per heavy atom. The number of halogens is 1. The molecule has 0 unspecified atom stereocenters. The van der Waals surface area contributed by atoms with Crippen LogP contribution in [0.1, 0.15) is 15.9 Å². The molecule has 2 amide bonds. The van der Waals surface area contributed by atoms with Crippen molar-refractivity contribution in [1.82, 2.24) is 4.90 Å². The number of imide groups is 1. The monoisotopic (exact) mass is 451 g/mol. The maximum absolute atomic E-state index is 12.6. The standard InChI is InChI=1S/C17H10INO2S2/c18-13-8-6-12(7-9-13)15(20)19-16(21)14(23-17(19)22)10-11-4-2-1-3-5-11/h1-10H/b14-10+. The zero-order valence-electron chi connectivity index (χ0n) is 11.7. The van der Waals surface area contributed by atoms with E-state index in [1.165, 1.54) is 0 Å². The van der Waals surface area contributed by atoms with Crippen LogP contribution in [0.2, 0.25) is 0 Å². The van der Waals surface area contributed by atoms with E-state index >= 15 is 0 Å². The predicted octanol–water partition coefficient (Wildman–Crippen LogP) is 4.33. The molecule has 3 nitrogen and oxygen atoms in total. The summed E-state index contributed by atoms with van der Waals surface area (Å²) in [4.78, 5) is 26.6. The molecule has 2 aromatic carbocycles. The molecule has 0 radical (unpaired) electrons. The quantitative estimate of drug-likeness (QED) is 0.295. The summed E-state index contributed by atoms with van der Waals surface area (Å²) in [5.41, 5.74) is 1.34. The van der Waals surface area contributed by atoms with E-state index in [1.54, 1.807) is 18.2 Å². The molecule has 1 fully saturated rings. The van der Waals surface area contributed by atoms with Gasteiger partial charge in [-0.3, -0.25) is 9.59 Å². The van der Waals surface area contributed by atoms with E-state index in [1.807, 2.05) is 42.5 Å². The van der Waals surface area contributed by atoms with Crippen molar-refractivity contribution in [3.63, 3.8) is 0 Å². The van der Waals surface area contributed by atoms with E-state index in [2.05, 4.69) is 22.6 Å².